The lowest BCUT2D eigenvalue weighted by Crippen LogP contribution is -2.23. The highest BCUT2D eigenvalue weighted by molar-refractivity contribution is 7.11. The average Bonchev–Trinajstić information content (AvgIpc) is 2.90. The number of aromatic nitrogens is 2. The first-order valence-electron chi connectivity index (χ1n) is 8.28. The Morgan fingerprint density at radius 3 is 2.50 bits per heavy atom. The quantitative estimate of drug-likeness (QED) is 0.737. The zero-order chi connectivity index (χ0) is 14.2. The number of nitrogens with zero attached hydrogens (tertiary/aromatic N) is 2. The molecule has 0 unspecified atom stereocenters. The van der Waals surface area contributed by atoms with Crippen LogP contribution in [0.25, 0.3) is 0 Å². The van der Waals surface area contributed by atoms with Crippen LogP contribution < -0.4 is 5.32 Å². The van der Waals surface area contributed by atoms with E-state index in [-0.39, 0.29) is 0 Å². The number of rotatable bonds is 8. The molecule has 0 radical (unpaired) electrons. The molecule has 20 heavy (non-hydrogen) atoms. The highest BCUT2D eigenvalue weighted by Crippen LogP contribution is 2.28. The lowest BCUT2D eigenvalue weighted by Gasteiger charge is -2.20. The van der Waals surface area contributed by atoms with Crippen LogP contribution in [0.3, 0.4) is 0 Å². The Labute approximate surface area is 127 Å². The standard InChI is InChI=1S/C16H29N3S/c1-13(2)17-12-6-9-15-18-19-16(20-15)11-10-14-7-4-3-5-8-14/h13-14,17H,3-12H2,1-2H3. The van der Waals surface area contributed by atoms with Crippen molar-refractivity contribution >= 4 is 11.3 Å². The summed E-state index contributed by atoms with van der Waals surface area (Å²) in [5.41, 5.74) is 0. The van der Waals surface area contributed by atoms with Gasteiger partial charge in [0.05, 0.1) is 0 Å². The second-order valence-electron chi connectivity index (χ2n) is 6.34. The lowest BCUT2D eigenvalue weighted by molar-refractivity contribution is 0.339. The van der Waals surface area contributed by atoms with Crippen LogP contribution in [0.5, 0.6) is 0 Å². The van der Waals surface area contributed by atoms with Gasteiger partial charge in [0, 0.05) is 18.9 Å². The molecule has 1 heterocycles. The second kappa shape index (κ2) is 8.73. The summed E-state index contributed by atoms with van der Waals surface area (Å²) in [5, 5.41) is 14.6. The predicted molar refractivity (Wildman–Crippen MR) is 86.3 cm³/mol. The van der Waals surface area contributed by atoms with Gasteiger partial charge in [0.15, 0.2) is 0 Å². The van der Waals surface area contributed by atoms with Crippen LogP contribution in [0, 0.1) is 5.92 Å². The van der Waals surface area contributed by atoms with Gasteiger partial charge in [-0.2, -0.15) is 0 Å². The van der Waals surface area contributed by atoms with Gasteiger partial charge < -0.3 is 5.32 Å². The molecule has 1 aliphatic rings. The molecule has 0 bridgehead atoms. The lowest BCUT2D eigenvalue weighted by atomic mass is 9.86. The maximum atomic E-state index is 4.36. The van der Waals surface area contributed by atoms with E-state index in [0.717, 1.165) is 31.7 Å². The third-order valence-corrected chi connectivity index (χ3v) is 5.16. The highest BCUT2D eigenvalue weighted by atomic mass is 32.1. The summed E-state index contributed by atoms with van der Waals surface area (Å²) in [6.45, 7) is 5.46. The molecule has 0 amide bonds. The summed E-state index contributed by atoms with van der Waals surface area (Å²) in [6.07, 6.45) is 11.9. The largest absolute Gasteiger partial charge is 0.315 e. The molecule has 2 rings (SSSR count). The summed E-state index contributed by atoms with van der Waals surface area (Å²) >= 11 is 1.83. The molecule has 0 aliphatic heterocycles. The van der Waals surface area contributed by atoms with E-state index in [0.29, 0.717) is 6.04 Å². The molecule has 0 atom stereocenters. The molecule has 0 aromatic carbocycles. The first kappa shape index (κ1) is 15.9. The average molecular weight is 295 g/mol. The zero-order valence-corrected chi connectivity index (χ0v) is 13.8. The Hall–Kier alpha value is -0.480. The second-order valence-corrected chi connectivity index (χ2v) is 7.49. The number of hydrogen-bond donors (Lipinski definition) is 1. The van der Waals surface area contributed by atoms with Crippen molar-refractivity contribution in [2.24, 2.45) is 5.92 Å². The normalized spacial score (nSPS) is 16.9. The van der Waals surface area contributed by atoms with Crippen LogP contribution in [0.1, 0.15) is 68.8 Å². The van der Waals surface area contributed by atoms with Crippen molar-refractivity contribution in [1.82, 2.24) is 15.5 Å². The van der Waals surface area contributed by atoms with Crippen molar-refractivity contribution in [3.8, 4) is 0 Å². The van der Waals surface area contributed by atoms with Crippen LogP contribution in [-0.4, -0.2) is 22.8 Å². The molecule has 3 nitrogen and oxygen atoms in total. The van der Waals surface area contributed by atoms with Gasteiger partial charge in [-0.15, -0.1) is 21.5 Å². The van der Waals surface area contributed by atoms with Gasteiger partial charge in [-0.3, -0.25) is 0 Å². The van der Waals surface area contributed by atoms with Crippen LogP contribution in [0.15, 0.2) is 0 Å². The third kappa shape index (κ3) is 5.88. The van der Waals surface area contributed by atoms with Gasteiger partial charge in [0.25, 0.3) is 0 Å². The van der Waals surface area contributed by atoms with Gasteiger partial charge in [-0.1, -0.05) is 46.0 Å². The minimum Gasteiger partial charge on any atom is -0.315 e. The molecule has 1 N–H and O–H groups in total. The highest BCUT2D eigenvalue weighted by Gasteiger charge is 2.14. The van der Waals surface area contributed by atoms with Crippen LogP contribution >= 0.6 is 11.3 Å². The monoisotopic (exact) mass is 295 g/mol. The Morgan fingerprint density at radius 2 is 1.80 bits per heavy atom. The Bertz CT molecular complexity index is 370. The van der Waals surface area contributed by atoms with E-state index in [9.17, 15) is 0 Å². The van der Waals surface area contributed by atoms with Crippen molar-refractivity contribution in [3.05, 3.63) is 10.0 Å². The van der Waals surface area contributed by atoms with Crippen molar-refractivity contribution in [3.63, 3.8) is 0 Å². The molecule has 0 saturated heterocycles. The fourth-order valence-corrected chi connectivity index (χ4v) is 3.83. The number of hydrogen-bond acceptors (Lipinski definition) is 4. The van der Waals surface area contributed by atoms with Gasteiger partial charge in [-0.05, 0) is 25.3 Å². The molecule has 114 valence electrons. The Balaban J connectivity index is 1.63. The summed E-state index contributed by atoms with van der Waals surface area (Å²) in [6, 6.07) is 0.579. The summed E-state index contributed by atoms with van der Waals surface area (Å²) < 4.78 is 0. The summed E-state index contributed by atoms with van der Waals surface area (Å²) in [5.74, 6) is 0.950. The van der Waals surface area contributed by atoms with E-state index in [1.54, 1.807) is 0 Å². The number of nitrogens with one attached hydrogen (secondary N) is 1. The Kier molecular flexibility index (Phi) is 6.94. The topological polar surface area (TPSA) is 37.8 Å². The van der Waals surface area contributed by atoms with Gasteiger partial charge in [0.2, 0.25) is 0 Å². The van der Waals surface area contributed by atoms with Crippen molar-refractivity contribution in [1.29, 1.82) is 0 Å². The van der Waals surface area contributed by atoms with E-state index < -0.39 is 0 Å². The van der Waals surface area contributed by atoms with Gasteiger partial charge in [0.1, 0.15) is 10.0 Å². The van der Waals surface area contributed by atoms with Crippen LogP contribution in [0.2, 0.25) is 0 Å². The fourth-order valence-electron chi connectivity index (χ4n) is 2.92. The first-order valence-corrected chi connectivity index (χ1v) is 9.10. The summed E-state index contributed by atoms with van der Waals surface area (Å²) in [4.78, 5) is 0. The fraction of sp³-hybridized carbons (Fsp3) is 0.875. The van der Waals surface area contributed by atoms with Crippen molar-refractivity contribution in [2.45, 2.75) is 77.7 Å². The van der Waals surface area contributed by atoms with Crippen LogP contribution in [-0.2, 0) is 12.8 Å². The van der Waals surface area contributed by atoms with Gasteiger partial charge in [-0.25, -0.2) is 0 Å². The predicted octanol–water partition coefficient (Wildman–Crippen LogP) is 3.98. The smallest absolute Gasteiger partial charge is 0.117 e. The van der Waals surface area contributed by atoms with E-state index in [1.807, 2.05) is 11.3 Å². The molecule has 1 aromatic rings. The minimum atomic E-state index is 0.579. The third-order valence-electron chi connectivity index (χ3n) is 4.12. The molecular weight excluding hydrogens is 266 g/mol. The molecule has 1 aliphatic carbocycles. The first-order chi connectivity index (χ1) is 9.74. The molecular formula is C16H29N3S. The van der Waals surface area contributed by atoms with E-state index >= 15 is 0 Å². The van der Waals surface area contributed by atoms with Crippen LogP contribution in [0.4, 0.5) is 0 Å². The van der Waals surface area contributed by atoms with E-state index in [4.69, 9.17) is 0 Å². The number of aryl methyl sites for hydroxylation is 2. The zero-order valence-electron chi connectivity index (χ0n) is 13.0. The Morgan fingerprint density at radius 1 is 1.10 bits per heavy atom. The maximum absolute atomic E-state index is 4.36. The molecule has 0 spiro atoms. The maximum Gasteiger partial charge on any atom is 0.117 e. The molecule has 1 aromatic heterocycles. The molecule has 1 fully saturated rings. The minimum absolute atomic E-state index is 0.579. The van der Waals surface area contributed by atoms with E-state index in [1.165, 1.54) is 48.5 Å². The molecule has 4 heteroatoms. The summed E-state index contributed by atoms with van der Waals surface area (Å²) in [7, 11) is 0. The van der Waals surface area contributed by atoms with E-state index in [2.05, 4.69) is 29.4 Å². The SMILES string of the molecule is CC(C)NCCCc1nnc(CCC2CCCCC2)s1. The van der Waals surface area contributed by atoms with Crippen molar-refractivity contribution < 1.29 is 0 Å². The molecule has 1 saturated carbocycles. The van der Waals surface area contributed by atoms with Gasteiger partial charge >= 0.3 is 0 Å². The van der Waals surface area contributed by atoms with Crippen molar-refractivity contribution in [2.75, 3.05) is 6.54 Å².